The van der Waals surface area contributed by atoms with Crippen molar-refractivity contribution in [3.63, 3.8) is 0 Å². The highest BCUT2D eigenvalue weighted by Gasteiger charge is 1.93. The molecule has 0 saturated heterocycles. The Morgan fingerprint density at radius 2 is 1.38 bits per heavy atom. The van der Waals surface area contributed by atoms with Gasteiger partial charge in [-0.1, -0.05) is 26.7 Å². The highest BCUT2D eigenvalue weighted by molar-refractivity contribution is 7.30. The van der Waals surface area contributed by atoms with Gasteiger partial charge in [-0.25, -0.2) is 0 Å². The summed E-state index contributed by atoms with van der Waals surface area (Å²) in [7, 11) is -2.87. The maximum Gasteiger partial charge on any atom is 0.692 e. The Morgan fingerprint density at radius 3 is 1.62 bits per heavy atom. The first-order chi connectivity index (χ1) is 6.15. The van der Waals surface area contributed by atoms with Gasteiger partial charge < -0.3 is 4.74 Å². The second-order valence-electron chi connectivity index (χ2n) is 2.57. The van der Waals surface area contributed by atoms with Gasteiger partial charge in [0.2, 0.25) is 0 Å². The third-order valence-electron chi connectivity index (χ3n) is 1.28. The van der Waals surface area contributed by atoms with E-state index in [2.05, 4.69) is 13.8 Å². The molecule has 0 saturated carbocycles. The van der Waals surface area contributed by atoms with Crippen molar-refractivity contribution in [2.24, 2.45) is 0 Å². The zero-order valence-electron chi connectivity index (χ0n) is 8.40. The van der Waals surface area contributed by atoms with Crippen LogP contribution in [0, 0.1) is 0 Å². The first-order valence-electron chi connectivity index (χ1n) is 4.57. The molecule has 0 amide bonds. The van der Waals surface area contributed by atoms with Gasteiger partial charge in [0.25, 0.3) is 0 Å². The Kier molecular flexibility index (Phi) is 17.2. The Balaban J connectivity index is 0. The topological polar surface area (TPSA) is 66.8 Å². The van der Waals surface area contributed by atoms with Crippen LogP contribution in [0.2, 0.25) is 0 Å². The molecule has 4 nitrogen and oxygen atoms in total. The van der Waals surface area contributed by atoms with Gasteiger partial charge in [-0.15, -0.1) is 9.79 Å². The minimum atomic E-state index is -2.87. The highest BCUT2D eigenvalue weighted by Crippen LogP contribution is 1.98. The van der Waals surface area contributed by atoms with Gasteiger partial charge in [-0.05, 0) is 12.8 Å². The van der Waals surface area contributed by atoms with E-state index >= 15 is 0 Å². The molecular weight excluding hydrogens is 191 g/mol. The molecule has 2 N–H and O–H groups in total. The Morgan fingerprint density at radius 1 is 1.08 bits per heavy atom. The lowest BCUT2D eigenvalue weighted by atomic mass is 10.3. The van der Waals surface area contributed by atoms with Crippen LogP contribution >= 0.6 is 8.25 Å². The molecule has 80 valence electrons. The van der Waals surface area contributed by atoms with Gasteiger partial charge in [0, 0.05) is 17.8 Å². The number of unbranched alkanes of at least 4 members (excludes halogenated alkanes) is 2. The van der Waals surface area contributed by atoms with Crippen molar-refractivity contribution in [1.82, 2.24) is 0 Å². The van der Waals surface area contributed by atoms with Crippen LogP contribution in [0.5, 0.6) is 0 Å². The number of rotatable bonds is 6. The predicted molar refractivity (Wildman–Crippen MR) is 52.7 cm³/mol. The van der Waals surface area contributed by atoms with Gasteiger partial charge in [0.1, 0.15) is 0 Å². The smallest absolute Gasteiger partial charge is 0.381 e. The molecule has 0 aromatic heterocycles. The maximum atomic E-state index is 8.70. The van der Waals surface area contributed by atoms with Crippen molar-refractivity contribution < 1.29 is 19.1 Å². The molecule has 0 fully saturated rings. The second-order valence-corrected chi connectivity index (χ2v) is 3.08. The van der Waals surface area contributed by atoms with Crippen molar-refractivity contribution in [2.75, 3.05) is 13.2 Å². The SMILES string of the molecule is CCCCOCCCC.O=[P+](O)O. The second kappa shape index (κ2) is 14.5. The molecule has 0 atom stereocenters. The third-order valence-corrected chi connectivity index (χ3v) is 1.28. The summed E-state index contributed by atoms with van der Waals surface area (Å²) in [6.07, 6.45) is 4.91. The summed E-state index contributed by atoms with van der Waals surface area (Å²) in [6.45, 7) is 6.28. The van der Waals surface area contributed by atoms with Crippen LogP contribution < -0.4 is 0 Å². The van der Waals surface area contributed by atoms with Gasteiger partial charge in [0.15, 0.2) is 0 Å². The number of hydrogen-bond donors (Lipinski definition) is 2. The quantitative estimate of drug-likeness (QED) is 0.522. The van der Waals surface area contributed by atoms with E-state index in [1.54, 1.807) is 0 Å². The fourth-order valence-corrected chi connectivity index (χ4v) is 0.595. The van der Waals surface area contributed by atoms with Gasteiger partial charge in [-0.3, -0.25) is 0 Å². The van der Waals surface area contributed by atoms with E-state index in [4.69, 9.17) is 19.1 Å². The lowest BCUT2D eigenvalue weighted by Crippen LogP contribution is -1.95. The summed E-state index contributed by atoms with van der Waals surface area (Å²) in [5.74, 6) is 0. The Labute approximate surface area is 80.9 Å². The predicted octanol–water partition coefficient (Wildman–Crippen LogP) is 2.23. The molecule has 0 heterocycles. The highest BCUT2D eigenvalue weighted by atomic mass is 31.1. The lowest BCUT2D eigenvalue weighted by Gasteiger charge is -1.99. The van der Waals surface area contributed by atoms with E-state index in [9.17, 15) is 0 Å². The van der Waals surface area contributed by atoms with E-state index in [-0.39, 0.29) is 0 Å². The molecule has 0 aliphatic rings. The maximum absolute atomic E-state index is 8.70. The first-order valence-corrected chi connectivity index (χ1v) is 5.74. The van der Waals surface area contributed by atoms with Crippen LogP contribution in [-0.2, 0) is 9.30 Å². The van der Waals surface area contributed by atoms with Gasteiger partial charge >= 0.3 is 8.25 Å². The molecule has 0 bridgehead atoms. The molecule has 0 aliphatic carbocycles. The molecule has 0 radical (unpaired) electrons. The van der Waals surface area contributed by atoms with Crippen LogP contribution in [-0.4, -0.2) is 23.0 Å². The van der Waals surface area contributed by atoms with Crippen LogP contribution in [0.4, 0.5) is 0 Å². The van der Waals surface area contributed by atoms with Crippen molar-refractivity contribution in [2.45, 2.75) is 39.5 Å². The molecule has 13 heavy (non-hydrogen) atoms. The zero-order valence-corrected chi connectivity index (χ0v) is 9.30. The number of hydrogen-bond acceptors (Lipinski definition) is 2. The largest absolute Gasteiger partial charge is 0.692 e. The Bertz CT molecular complexity index is 98.3. The Hall–Kier alpha value is -0.0200. The van der Waals surface area contributed by atoms with Crippen molar-refractivity contribution in [3.05, 3.63) is 0 Å². The summed E-state index contributed by atoms with van der Waals surface area (Å²) in [6, 6.07) is 0. The molecule has 0 aliphatic heterocycles. The normalized spacial score (nSPS) is 8.92. The van der Waals surface area contributed by atoms with Gasteiger partial charge in [-0.2, -0.15) is 0 Å². The molecular formula is C8H20O4P+. The fourth-order valence-electron chi connectivity index (χ4n) is 0.595. The average Bonchev–Trinajstić information content (AvgIpc) is 2.03. The minimum absolute atomic E-state index is 0.955. The van der Waals surface area contributed by atoms with Crippen LogP contribution in [0.15, 0.2) is 0 Å². The van der Waals surface area contributed by atoms with Crippen LogP contribution in [0.3, 0.4) is 0 Å². The molecule has 0 unspecified atom stereocenters. The summed E-state index contributed by atoms with van der Waals surface area (Å²) in [5.41, 5.74) is 0. The summed E-state index contributed by atoms with van der Waals surface area (Å²) in [4.78, 5) is 14.2. The summed E-state index contributed by atoms with van der Waals surface area (Å²) < 4.78 is 14.0. The monoisotopic (exact) mass is 211 g/mol. The molecule has 5 heteroatoms. The molecule has 0 rings (SSSR count). The van der Waals surface area contributed by atoms with E-state index in [1.807, 2.05) is 0 Å². The molecule has 0 aromatic carbocycles. The lowest BCUT2D eigenvalue weighted by molar-refractivity contribution is 0.128. The van der Waals surface area contributed by atoms with Crippen molar-refractivity contribution >= 4 is 8.25 Å². The number of ether oxygens (including phenoxy) is 1. The molecule has 0 spiro atoms. The van der Waals surface area contributed by atoms with Crippen LogP contribution in [0.25, 0.3) is 0 Å². The minimum Gasteiger partial charge on any atom is -0.381 e. The van der Waals surface area contributed by atoms with Crippen molar-refractivity contribution in [3.8, 4) is 0 Å². The molecule has 0 aromatic rings. The van der Waals surface area contributed by atoms with E-state index < -0.39 is 8.25 Å². The van der Waals surface area contributed by atoms with Crippen LogP contribution in [0.1, 0.15) is 39.5 Å². The van der Waals surface area contributed by atoms with E-state index in [0.29, 0.717) is 0 Å². The zero-order chi connectivity index (χ0) is 10.5. The first kappa shape index (κ1) is 15.5. The average molecular weight is 211 g/mol. The van der Waals surface area contributed by atoms with Gasteiger partial charge in [0.05, 0.1) is 0 Å². The fraction of sp³-hybridized carbons (Fsp3) is 1.00. The van der Waals surface area contributed by atoms with E-state index in [1.165, 1.54) is 25.7 Å². The van der Waals surface area contributed by atoms with Crippen molar-refractivity contribution in [1.29, 1.82) is 0 Å². The summed E-state index contributed by atoms with van der Waals surface area (Å²) >= 11 is 0. The third kappa shape index (κ3) is 33.4. The van der Waals surface area contributed by atoms with E-state index in [0.717, 1.165) is 13.2 Å². The standard InChI is InChI=1S/C8H18O.HO3P/c1-3-5-7-9-8-6-4-2;1-4(2)3/h3-8H2,1-2H3;(H-,1,2,3)/p+1. The summed E-state index contributed by atoms with van der Waals surface area (Å²) in [5, 5.41) is 0.